The van der Waals surface area contributed by atoms with Gasteiger partial charge in [-0.05, 0) is 65.0 Å². The Morgan fingerprint density at radius 3 is 1.67 bits per heavy atom. The standard InChI is InChI=1S/C13H13N.C12H16.C10H14/c14-13-8-4-7-12(10-13)9-11-5-2-1-3-6-11;1-3-7-11(8-4-1)12-9-5-2-6-10-12;1-10(2,3)9-7-5-4-6-8-9/h1-8,10H,9,14H2;1,3-4,7-8,12H,2,5-6,9-10H2;4-8H,1-3H3. The highest BCUT2D eigenvalue weighted by molar-refractivity contribution is 5.42. The fourth-order valence-electron chi connectivity index (χ4n) is 4.63. The van der Waals surface area contributed by atoms with Crippen LogP contribution >= 0.6 is 0 Å². The van der Waals surface area contributed by atoms with Gasteiger partial charge in [0.1, 0.15) is 0 Å². The highest BCUT2D eigenvalue weighted by Crippen LogP contribution is 2.32. The van der Waals surface area contributed by atoms with Crippen LogP contribution in [0.5, 0.6) is 0 Å². The van der Waals surface area contributed by atoms with Gasteiger partial charge >= 0.3 is 0 Å². The number of hydrogen-bond acceptors (Lipinski definition) is 1. The molecular weight excluding hydrogens is 434 g/mol. The summed E-state index contributed by atoms with van der Waals surface area (Å²) in [5.74, 6) is 0.861. The minimum absolute atomic E-state index is 0.293. The van der Waals surface area contributed by atoms with Gasteiger partial charge < -0.3 is 5.73 Å². The molecule has 1 saturated carbocycles. The van der Waals surface area contributed by atoms with Crippen molar-refractivity contribution in [1.29, 1.82) is 0 Å². The summed E-state index contributed by atoms with van der Waals surface area (Å²) in [4.78, 5) is 0. The second-order valence-electron chi connectivity index (χ2n) is 10.8. The smallest absolute Gasteiger partial charge is 0.0316 e. The molecule has 5 rings (SSSR count). The Kier molecular flexibility index (Phi) is 10.8. The van der Waals surface area contributed by atoms with E-state index in [1.807, 2.05) is 24.3 Å². The minimum Gasteiger partial charge on any atom is -0.399 e. The van der Waals surface area contributed by atoms with E-state index in [0.29, 0.717) is 5.41 Å². The summed E-state index contributed by atoms with van der Waals surface area (Å²) in [6.07, 6.45) is 8.07. The molecule has 1 fully saturated rings. The second kappa shape index (κ2) is 14.3. The number of nitrogen functional groups attached to an aromatic ring is 1. The van der Waals surface area contributed by atoms with Crippen molar-refractivity contribution in [2.75, 3.05) is 5.73 Å². The molecule has 1 aliphatic rings. The highest BCUT2D eigenvalue weighted by Gasteiger charge is 2.14. The average molecular weight is 478 g/mol. The molecule has 0 aliphatic heterocycles. The molecular formula is C35H43N. The molecule has 0 saturated heterocycles. The lowest BCUT2D eigenvalue weighted by molar-refractivity contribution is 0.443. The van der Waals surface area contributed by atoms with Crippen molar-refractivity contribution in [3.63, 3.8) is 0 Å². The maximum absolute atomic E-state index is 5.71. The molecule has 2 N–H and O–H groups in total. The maximum Gasteiger partial charge on any atom is 0.0316 e. The lowest BCUT2D eigenvalue weighted by Gasteiger charge is -2.21. The summed E-state index contributed by atoms with van der Waals surface area (Å²) < 4.78 is 0. The molecule has 0 spiro atoms. The zero-order valence-corrected chi connectivity index (χ0v) is 22.4. The van der Waals surface area contributed by atoms with Crippen LogP contribution in [-0.4, -0.2) is 0 Å². The first-order chi connectivity index (χ1) is 17.4. The minimum atomic E-state index is 0.293. The van der Waals surface area contributed by atoms with Crippen LogP contribution in [-0.2, 0) is 11.8 Å². The van der Waals surface area contributed by atoms with Gasteiger partial charge in [-0.15, -0.1) is 0 Å². The van der Waals surface area contributed by atoms with E-state index in [1.54, 1.807) is 5.56 Å². The van der Waals surface area contributed by atoms with Crippen LogP contribution in [0.2, 0.25) is 0 Å². The third-order valence-electron chi connectivity index (χ3n) is 6.72. The Bertz CT molecular complexity index is 1110. The quantitative estimate of drug-likeness (QED) is 0.292. The summed E-state index contributed by atoms with van der Waals surface area (Å²) in [6.45, 7) is 6.67. The second-order valence-corrected chi connectivity index (χ2v) is 10.8. The van der Waals surface area contributed by atoms with Crippen LogP contribution in [0.15, 0.2) is 115 Å². The summed E-state index contributed by atoms with van der Waals surface area (Å²) >= 11 is 0. The van der Waals surface area contributed by atoms with Crippen LogP contribution in [0.1, 0.15) is 81.0 Å². The molecule has 1 nitrogen and oxygen atoms in total. The van der Waals surface area contributed by atoms with Crippen molar-refractivity contribution in [1.82, 2.24) is 0 Å². The van der Waals surface area contributed by atoms with E-state index in [9.17, 15) is 0 Å². The zero-order chi connectivity index (χ0) is 25.6. The molecule has 0 atom stereocenters. The SMILES string of the molecule is CC(C)(C)c1ccccc1.Nc1cccc(Cc2ccccc2)c1.c1ccc(C2CCCCC2)cc1. The van der Waals surface area contributed by atoms with E-state index >= 15 is 0 Å². The Hall–Kier alpha value is -3.32. The molecule has 0 heterocycles. The Morgan fingerprint density at radius 2 is 1.14 bits per heavy atom. The van der Waals surface area contributed by atoms with Gasteiger partial charge in [0, 0.05) is 5.69 Å². The fraction of sp³-hybridized carbons (Fsp3) is 0.314. The van der Waals surface area contributed by atoms with Crippen molar-refractivity contribution in [3.05, 3.63) is 138 Å². The van der Waals surface area contributed by atoms with Crippen LogP contribution in [0.3, 0.4) is 0 Å². The molecule has 4 aromatic rings. The molecule has 1 aliphatic carbocycles. The molecule has 1 heteroatoms. The molecule has 0 bridgehead atoms. The molecule has 4 aromatic carbocycles. The fourth-order valence-corrected chi connectivity index (χ4v) is 4.63. The van der Waals surface area contributed by atoms with Gasteiger partial charge in [0.15, 0.2) is 0 Å². The topological polar surface area (TPSA) is 26.0 Å². The van der Waals surface area contributed by atoms with Crippen molar-refractivity contribution >= 4 is 5.69 Å². The number of rotatable bonds is 3. The molecule has 36 heavy (non-hydrogen) atoms. The summed E-state index contributed by atoms with van der Waals surface area (Å²) in [5.41, 5.74) is 12.4. The number of hydrogen-bond donors (Lipinski definition) is 1. The monoisotopic (exact) mass is 477 g/mol. The van der Waals surface area contributed by atoms with Gasteiger partial charge in [0.05, 0.1) is 0 Å². The van der Waals surface area contributed by atoms with Crippen LogP contribution in [0.4, 0.5) is 5.69 Å². The zero-order valence-electron chi connectivity index (χ0n) is 22.4. The third-order valence-corrected chi connectivity index (χ3v) is 6.72. The first-order valence-electron chi connectivity index (χ1n) is 13.4. The largest absolute Gasteiger partial charge is 0.399 e. The van der Waals surface area contributed by atoms with Crippen LogP contribution in [0.25, 0.3) is 0 Å². The Morgan fingerprint density at radius 1 is 0.611 bits per heavy atom. The van der Waals surface area contributed by atoms with E-state index in [-0.39, 0.29) is 0 Å². The lowest BCUT2D eigenvalue weighted by atomic mass is 9.84. The molecule has 0 radical (unpaired) electrons. The van der Waals surface area contributed by atoms with Gasteiger partial charge in [0.25, 0.3) is 0 Å². The van der Waals surface area contributed by atoms with Crippen LogP contribution in [0, 0.1) is 0 Å². The van der Waals surface area contributed by atoms with E-state index < -0.39 is 0 Å². The predicted molar refractivity (Wildman–Crippen MR) is 158 cm³/mol. The first kappa shape index (κ1) is 27.3. The molecule has 0 aromatic heterocycles. The van der Waals surface area contributed by atoms with Gasteiger partial charge in [0.2, 0.25) is 0 Å². The van der Waals surface area contributed by atoms with E-state index in [4.69, 9.17) is 5.73 Å². The highest BCUT2D eigenvalue weighted by atomic mass is 14.5. The van der Waals surface area contributed by atoms with Gasteiger partial charge in [-0.1, -0.05) is 143 Å². The average Bonchev–Trinajstić information content (AvgIpc) is 2.91. The summed E-state index contributed by atoms with van der Waals surface area (Å²) in [5, 5.41) is 0. The van der Waals surface area contributed by atoms with Crippen molar-refractivity contribution < 1.29 is 0 Å². The van der Waals surface area contributed by atoms with Gasteiger partial charge in [-0.25, -0.2) is 0 Å². The van der Waals surface area contributed by atoms with E-state index in [2.05, 4.69) is 112 Å². The number of nitrogens with two attached hydrogens (primary N) is 1. The normalized spacial score (nSPS) is 13.5. The summed E-state index contributed by atoms with van der Waals surface area (Å²) in [6, 6.07) is 39.9. The molecule has 188 valence electrons. The Balaban J connectivity index is 0.000000153. The van der Waals surface area contributed by atoms with E-state index in [1.165, 1.54) is 48.8 Å². The lowest BCUT2D eigenvalue weighted by Crippen LogP contribution is -2.10. The first-order valence-corrected chi connectivity index (χ1v) is 13.4. The third kappa shape index (κ3) is 9.74. The summed E-state index contributed by atoms with van der Waals surface area (Å²) in [7, 11) is 0. The van der Waals surface area contributed by atoms with Crippen molar-refractivity contribution in [2.24, 2.45) is 0 Å². The van der Waals surface area contributed by atoms with Crippen LogP contribution < -0.4 is 5.73 Å². The van der Waals surface area contributed by atoms with Gasteiger partial charge in [-0.3, -0.25) is 0 Å². The van der Waals surface area contributed by atoms with Gasteiger partial charge in [-0.2, -0.15) is 0 Å². The number of anilines is 1. The number of benzene rings is 4. The van der Waals surface area contributed by atoms with Crippen molar-refractivity contribution in [2.45, 2.75) is 70.6 Å². The predicted octanol–water partition coefficient (Wildman–Crippen LogP) is 9.58. The van der Waals surface area contributed by atoms with E-state index in [0.717, 1.165) is 18.0 Å². The Labute approximate surface area is 219 Å². The molecule has 0 amide bonds. The maximum atomic E-state index is 5.71. The van der Waals surface area contributed by atoms with Crippen molar-refractivity contribution in [3.8, 4) is 0 Å². The molecule has 0 unspecified atom stereocenters.